The Balaban J connectivity index is 2.81. The summed E-state index contributed by atoms with van der Waals surface area (Å²) >= 11 is 0. The highest BCUT2D eigenvalue weighted by Crippen LogP contribution is 2.33. The third-order valence-electron chi connectivity index (χ3n) is 2.81. The van der Waals surface area contributed by atoms with E-state index in [1.54, 1.807) is 36.9 Å². The highest BCUT2D eigenvalue weighted by atomic mass is 19.1. The molecule has 90 valence electrons. The van der Waals surface area contributed by atoms with Crippen LogP contribution in [0.1, 0.15) is 5.56 Å². The molecular formula is C14H11F2N2+. The van der Waals surface area contributed by atoms with Crippen LogP contribution < -0.4 is 4.57 Å². The molecule has 2 nitrogen and oxygen atoms in total. The van der Waals surface area contributed by atoms with Crippen LogP contribution in [0.25, 0.3) is 16.1 Å². The molecule has 0 fully saturated rings. The summed E-state index contributed by atoms with van der Waals surface area (Å²) in [5.74, 6) is -1.62. The highest BCUT2D eigenvalue weighted by molar-refractivity contribution is 5.69. The molecule has 2 rings (SSSR count). The van der Waals surface area contributed by atoms with Gasteiger partial charge in [0, 0.05) is 12.1 Å². The van der Waals surface area contributed by atoms with Gasteiger partial charge < -0.3 is 0 Å². The summed E-state index contributed by atoms with van der Waals surface area (Å²) in [6, 6.07) is 6.51. The fraction of sp³-hybridized carbons (Fsp3) is 0.143. The molecule has 1 heterocycles. The predicted octanol–water partition coefficient (Wildman–Crippen LogP) is 3.32. The summed E-state index contributed by atoms with van der Waals surface area (Å²) in [6.07, 6.45) is 1.77. The van der Waals surface area contributed by atoms with Gasteiger partial charge in [0.25, 0.3) is 5.69 Å². The number of aryl methyl sites for hydroxylation is 2. The van der Waals surface area contributed by atoms with Crippen molar-refractivity contribution < 1.29 is 13.3 Å². The van der Waals surface area contributed by atoms with Gasteiger partial charge in [-0.1, -0.05) is 0 Å². The third-order valence-corrected chi connectivity index (χ3v) is 2.81. The van der Waals surface area contributed by atoms with E-state index < -0.39 is 17.3 Å². The Bertz CT molecular complexity index is 658. The van der Waals surface area contributed by atoms with E-state index in [-0.39, 0.29) is 5.56 Å². The molecule has 1 aromatic heterocycles. The van der Waals surface area contributed by atoms with Gasteiger partial charge in [0.2, 0.25) is 5.69 Å². The van der Waals surface area contributed by atoms with E-state index in [1.165, 1.54) is 6.07 Å². The van der Waals surface area contributed by atoms with Gasteiger partial charge in [0.05, 0.1) is 12.1 Å². The van der Waals surface area contributed by atoms with E-state index in [0.29, 0.717) is 11.3 Å². The summed E-state index contributed by atoms with van der Waals surface area (Å²) in [5.41, 5.74) is 0.793. The number of rotatable bonds is 1. The molecule has 0 aliphatic carbocycles. The van der Waals surface area contributed by atoms with Crippen LogP contribution in [0.3, 0.4) is 0 Å². The van der Waals surface area contributed by atoms with Crippen molar-refractivity contribution in [3.05, 3.63) is 59.1 Å². The second kappa shape index (κ2) is 4.53. The van der Waals surface area contributed by atoms with Crippen LogP contribution in [0.4, 0.5) is 14.5 Å². The number of hydrogen-bond acceptors (Lipinski definition) is 0. The smallest absolute Gasteiger partial charge is 0.232 e. The van der Waals surface area contributed by atoms with Crippen molar-refractivity contribution in [1.82, 2.24) is 0 Å². The number of benzene rings is 1. The Morgan fingerprint density at radius 3 is 2.61 bits per heavy atom. The first-order valence-corrected chi connectivity index (χ1v) is 5.37. The molecule has 0 N–H and O–H groups in total. The molecule has 0 bridgehead atoms. The zero-order chi connectivity index (χ0) is 13.3. The van der Waals surface area contributed by atoms with Gasteiger partial charge in [-0.15, -0.1) is 0 Å². The van der Waals surface area contributed by atoms with Crippen molar-refractivity contribution in [2.24, 2.45) is 7.05 Å². The molecule has 0 saturated heterocycles. The second-order valence-corrected chi connectivity index (χ2v) is 4.02. The minimum Gasteiger partial charge on any atom is -0.232 e. The lowest BCUT2D eigenvalue weighted by Gasteiger charge is -2.08. The standard InChI is InChI=1S/C14H11F2N2/c1-9-8-10(15)14(17-2)13(16)12(9)11-6-4-5-7-18(11)3/h4-8H,1,3H3/q+1. The van der Waals surface area contributed by atoms with Crippen molar-refractivity contribution in [2.75, 3.05) is 0 Å². The Morgan fingerprint density at radius 2 is 2.00 bits per heavy atom. The Kier molecular flexibility index (Phi) is 3.07. The topological polar surface area (TPSA) is 8.24 Å². The zero-order valence-corrected chi connectivity index (χ0v) is 10.0. The maximum Gasteiger partial charge on any atom is 0.257 e. The molecule has 0 radical (unpaired) electrons. The van der Waals surface area contributed by atoms with Crippen LogP contribution in [0.15, 0.2) is 30.5 Å². The van der Waals surface area contributed by atoms with Crippen LogP contribution in [0.5, 0.6) is 0 Å². The SMILES string of the molecule is [C-]#[N+]c1c(F)cc(C)c(-c2cccc[n+]2C)c1F. The number of aromatic nitrogens is 1. The normalized spacial score (nSPS) is 10.2. The van der Waals surface area contributed by atoms with Gasteiger partial charge in [-0.2, -0.15) is 0 Å². The van der Waals surface area contributed by atoms with Crippen molar-refractivity contribution in [3.8, 4) is 11.3 Å². The minimum atomic E-state index is -0.817. The van der Waals surface area contributed by atoms with Gasteiger partial charge in [0.1, 0.15) is 18.7 Å². The maximum absolute atomic E-state index is 14.2. The molecule has 2 aromatic rings. The van der Waals surface area contributed by atoms with E-state index in [1.807, 2.05) is 6.07 Å². The Morgan fingerprint density at radius 1 is 1.28 bits per heavy atom. The maximum atomic E-state index is 14.2. The summed E-state index contributed by atoms with van der Waals surface area (Å²) in [6.45, 7) is 8.47. The lowest BCUT2D eigenvalue weighted by molar-refractivity contribution is -0.660. The Hall–Kier alpha value is -2.28. The molecule has 0 spiro atoms. The summed E-state index contributed by atoms with van der Waals surface area (Å²) < 4.78 is 29.4. The molecule has 0 aliphatic rings. The van der Waals surface area contributed by atoms with E-state index >= 15 is 0 Å². The quantitative estimate of drug-likeness (QED) is 0.538. The molecule has 0 unspecified atom stereocenters. The average Bonchev–Trinajstić information content (AvgIpc) is 2.31. The Labute approximate surface area is 104 Å². The summed E-state index contributed by atoms with van der Waals surface area (Å²) in [4.78, 5) is 2.92. The van der Waals surface area contributed by atoms with Gasteiger partial charge in [-0.3, -0.25) is 0 Å². The molecular weight excluding hydrogens is 234 g/mol. The van der Waals surface area contributed by atoms with Gasteiger partial charge >= 0.3 is 0 Å². The first-order valence-electron chi connectivity index (χ1n) is 5.37. The molecule has 1 aromatic carbocycles. The molecule has 0 aliphatic heterocycles. The van der Waals surface area contributed by atoms with E-state index in [2.05, 4.69) is 4.85 Å². The number of nitrogens with zero attached hydrogens (tertiary/aromatic N) is 2. The molecule has 0 amide bonds. The molecule has 0 saturated carbocycles. The van der Waals surface area contributed by atoms with Crippen molar-refractivity contribution in [1.29, 1.82) is 0 Å². The predicted molar refractivity (Wildman–Crippen MR) is 64.0 cm³/mol. The van der Waals surface area contributed by atoms with E-state index in [0.717, 1.165) is 0 Å². The largest absolute Gasteiger partial charge is 0.257 e. The lowest BCUT2D eigenvalue weighted by atomic mass is 10.0. The van der Waals surface area contributed by atoms with Crippen LogP contribution in [-0.2, 0) is 7.05 Å². The van der Waals surface area contributed by atoms with Gasteiger partial charge in [0.15, 0.2) is 6.20 Å². The first kappa shape index (κ1) is 12.2. The van der Waals surface area contributed by atoms with Crippen molar-refractivity contribution in [2.45, 2.75) is 6.92 Å². The summed E-state index contributed by atoms with van der Waals surface area (Å²) in [5, 5.41) is 0. The lowest BCUT2D eigenvalue weighted by Crippen LogP contribution is -2.30. The van der Waals surface area contributed by atoms with Crippen LogP contribution >= 0.6 is 0 Å². The zero-order valence-electron chi connectivity index (χ0n) is 10.0. The number of halogens is 2. The highest BCUT2D eigenvalue weighted by Gasteiger charge is 2.22. The summed E-state index contributed by atoms with van der Waals surface area (Å²) in [7, 11) is 1.77. The van der Waals surface area contributed by atoms with Gasteiger partial charge in [-0.05, 0) is 24.6 Å². The molecule has 0 atom stereocenters. The van der Waals surface area contributed by atoms with Crippen LogP contribution in [0.2, 0.25) is 0 Å². The van der Waals surface area contributed by atoms with E-state index in [9.17, 15) is 8.78 Å². The second-order valence-electron chi connectivity index (χ2n) is 4.02. The minimum absolute atomic E-state index is 0.269. The van der Waals surface area contributed by atoms with E-state index in [4.69, 9.17) is 6.57 Å². The van der Waals surface area contributed by atoms with Crippen molar-refractivity contribution >= 4 is 5.69 Å². The molecule has 4 heteroatoms. The van der Waals surface area contributed by atoms with Gasteiger partial charge in [-0.25, -0.2) is 18.2 Å². The van der Waals surface area contributed by atoms with Crippen LogP contribution in [-0.4, -0.2) is 0 Å². The van der Waals surface area contributed by atoms with Crippen molar-refractivity contribution in [3.63, 3.8) is 0 Å². The fourth-order valence-electron chi connectivity index (χ4n) is 1.93. The third kappa shape index (κ3) is 1.84. The average molecular weight is 245 g/mol. The van der Waals surface area contributed by atoms with Crippen LogP contribution in [0, 0.1) is 25.1 Å². The number of pyridine rings is 1. The first-order chi connectivity index (χ1) is 8.56. The monoisotopic (exact) mass is 245 g/mol. The fourth-order valence-corrected chi connectivity index (χ4v) is 1.93. The molecule has 18 heavy (non-hydrogen) atoms. The number of hydrogen-bond donors (Lipinski definition) is 0.